The predicted octanol–water partition coefficient (Wildman–Crippen LogP) is 3.52. The Hall–Kier alpha value is -2.11. The number of halogens is 1. The fourth-order valence-electron chi connectivity index (χ4n) is 3.52. The number of hydrogen-bond donors (Lipinski definition) is 0. The number of nitrogens with zero attached hydrogens (tertiary/aromatic N) is 2. The first kappa shape index (κ1) is 18.3. The second-order valence-electron chi connectivity index (χ2n) is 6.85. The average Bonchev–Trinajstić information content (AvgIpc) is 3.20. The SMILES string of the molecule is C[N+]1=C2C=C(C(=O)N3CCCC3)C=CC2S/C(=C\c2cccc(Cl)c2)C1=O. The van der Waals surface area contributed by atoms with Crippen LogP contribution in [0.1, 0.15) is 18.4 Å². The molecule has 2 amide bonds. The lowest BCUT2D eigenvalue weighted by atomic mass is 10.0. The van der Waals surface area contributed by atoms with E-state index in [1.54, 1.807) is 11.6 Å². The molecular formula is C21H20ClN2O2S+. The van der Waals surface area contributed by atoms with Crippen LogP contribution in [0.2, 0.25) is 5.02 Å². The highest BCUT2D eigenvalue weighted by atomic mass is 35.5. The Morgan fingerprint density at radius 3 is 2.85 bits per heavy atom. The molecule has 4 rings (SSSR count). The van der Waals surface area contributed by atoms with Gasteiger partial charge in [0.05, 0.1) is 0 Å². The van der Waals surface area contributed by atoms with E-state index >= 15 is 0 Å². The third-order valence-corrected chi connectivity index (χ3v) is 6.42. The van der Waals surface area contributed by atoms with Crippen molar-refractivity contribution >= 4 is 47.0 Å². The maximum Gasteiger partial charge on any atom is 0.425 e. The molecule has 1 fully saturated rings. The van der Waals surface area contributed by atoms with Crippen LogP contribution in [0.3, 0.4) is 0 Å². The lowest BCUT2D eigenvalue weighted by Crippen LogP contribution is -2.38. The van der Waals surface area contributed by atoms with Gasteiger partial charge in [-0.1, -0.05) is 47.6 Å². The summed E-state index contributed by atoms with van der Waals surface area (Å²) in [4.78, 5) is 28.1. The molecule has 4 nitrogen and oxygen atoms in total. The van der Waals surface area contributed by atoms with E-state index in [4.69, 9.17) is 11.6 Å². The molecule has 0 bridgehead atoms. The van der Waals surface area contributed by atoms with Crippen molar-refractivity contribution in [1.29, 1.82) is 0 Å². The lowest BCUT2D eigenvalue weighted by Gasteiger charge is -2.22. The number of carbonyl (C=O) groups is 2. The Kier molecular flexibility index (Phi) is 5.06. The molecule has 1 atom stereocenters. The number of carbonyl (C=O) groups excluding carboxylic acids is 2. The van der Waals surface area contributed by atoms with Gasteiger partial charge in [0, 0.05) is 29.8 Å². The summed E-state index contributed by atoms with van der Waals surface area (Å²) in [7, 11) is 1.77. The highest BCUT2D eigenvalue weighted by Crippen LogP contribution is 2.34. The molecular weight excluding hydrogens is 380 g/mol. The third-order valence-electron chi connectivity index (χ3n) is 4.99. The molecule has 1 aliphatic carbocycles. The summed E-state index contributed by atoms with van der Waals surface area (Å²) in [5, 5.41) is 0.664. The molecule has 1 unspecified atom stereocenters. The first-order valence-electron chi connectivity index (χ1n) is 9.01. The van der Waals surface area contributed by atoms with Crippen LogP contribution in [0.5, 0.6) is 0 Å². The molecule has 3 aliphatic rings. The molecule has 2 aliphatic heterocycles. The van der Waals surface area contributed by atoms with Crippen molar-refractivity contribution in [3.63, 3.8) is 0 Å². The Morgan fingerprint density at radius 1 is 1.33 bits per heavy atom. The first-order valence-corrected chi connectivity index (χ1v) is 10.3. The van der Waals surface area contributed by atoms with E-state index in [2.05, 4.69) is 0 Å². The van der Waals surface area contributed by atoms with Gasteiger partial charge in [-0.25, -0.2) is 4.79 Å². The van der Waals surface area contributed by atoms with Crippen LogP contribution in [0.4, 0.5) is 0 Å². The van der Waals surface area contributed by atoms with Gasteiger partial charge in [-0.3, -0.25) is 4.79 Å². The Morgan fingerprint density at radius 2 is 2.11 bits per heavy atom. The predicted molar refractivity (Wildman–Crippen MR) is 110 cm³/mol. The van der Waals surface area contributed by atoms with Gasteiger partial charge in [-0.2, -0.15) is 4.58 Å². The second-order valence-corrected chi connectivity index (χ2v) is 8.47. The quantitative estimate of drug-likeness (QED) is 0.564. The summed E-state index contributed by atoms with van der Waals surface area (Å²) in [6.07, 6.45) is 9.77. The van der Waals surface area contributed by atoms with Crippen molar-refractivity contribution in [2.45, 2.75) is 18.1 Å². The summed E-state index contributed by atoms with van der Waals surface area (Å²) in [5.74, 6) is -0.00781. The second kappa shape index (κ2) is 7.49. The maximum atomic E-state index is 12.8. The number of amides is 2. The van der Waals surface area contributed by atoms with Gasteiger partial charge in [-0.15, -0.1) is 0 Å². The minimum Gasteiger partial charge on any atom is -0.339 e. The van der Waals surface area contributed by atoms with Crippen molar-refractivity contribution in [2.24, 2.45) is 0 Å². The summed E-state index contributed by atoms with van der Waals surface area (Å²) < 4.78 is 1.65. The molecule has 6 heteroatoms. The van der Waals surface area contributed by atoms with Crippen molar-refractivity contribution in [3.05, 3.63) is 63.6 Å². The van der Waals surface area contributed by atoms with Crippen molar-refractivity contribution in [3.8, 4) is 0 Å². The van der Waals surface area contributed by atoms with Crippen LogP contribution in [0.15, 0.2) is 53.0 Å². The zero-order chi connectivity index (χ0) is 19.0. The average molecular weight is 400 g/mol. The molecule has 1 saturated heterocycles. The molecule has 1 aromatic rings. The molecule has 27 heavy (non-hydrogen) atoms. The van der Waals surface area contributed by atoms with Crippen LogP contribution in [0.25, 0.3) is 6.08 Å². The maximum absolute atomic E-state index is 12.8. The van der Waals surface area contributed by atoms with Crippen LogP contribution in [-0.4, -0.2) is 52.4 Å². The van der Waals surface area contributed by atoms with Crippen LogP contribution in [0, 0.1) is 0 Å². The molecule has 2 heterocycles. The van der Waals surface area contributed by atoms with E-state index in [9.17, 15) is 9.59 Å². The summed E-state index contributed by atoms with van der Waals surface area (Å²) >= 11 is 7.55. The number of hydrogen-bond acceptors (Lipinski definition) is 3. The zero-order valence-corrected chi connectivity index (χ0v) is 16.6. The highest BCUT2D eigenvalue weighted by molar-refractivity contribution is 8.05. The highest BCUT2D eigenvalue weighted by Gasteiger charge is 2.38. The van der Waals surface area contributed by atoms with Gasteiger partial charge in [0.2, 0.25) is 5.71 Å². The number of allylic oxidation sites excluding steroid dienone is 1. The van der Waals surface area contributed by atoms with Gasteiger partial charge in [0.1, 0.15) is 17.2 Å². The van der Waals surface area contributed by atoms with Crippen LogP contribution >= 0.6 is 23.4 Å². The summed E-state index contributed by atoms with van der Waals surface area (Å²) in [6.45, 7) is 1.64. The van der Waals surface area contributed by atoms with E-state index in [0.29, 0.717) is 15.5 Å². The van der Waals surface area contributed by atoms with Gasteiger partial charge in [0.25, 0.3) is 5.91 Å². The molecule has 138 valence electrons. The molecule has 0 saturated carbocycles. The van der Waals surface area contributed by atoms with Crippen molar-refractivity contribution in [1.82, 2.24) is 4.90 Å². The van der Waals surface area contributed by atoms with E-state index < -0.39 is 0 Å². The minimum atomic E-state index is -0.0641. The molecule has 0 aromatic heterocycles. The number of benzene rings is 1. The van der Waals surface area contributed by atoms with Gasteiger partial charge in [-0.05, 0) is 36.6 Å². The van der Waals surface area contributed by atoms with E-state index in [0.717, 1.165) is 37.2 Å². The van der Waals surface area contributed by atoms with E-state index in [-0.39, 0.29) is 17.1 Å². The monoisotopic (exact) mass is 399 g/mol. The minimum absolute atomic E-state index is 0.0215. The number of fused-ring (bicyclic) bond motifs is 1. The fourth-order valence-corrected chi connectivity index (χ4v) is 4.93. The van der Waals surface area contributed by atoms with Crippen molar-refractivity contribution < 1.29 is 14.2 Å². The summed E-state index contributed by atoms with van der Waals surface area (Å²) in [5.41, 5.74) is 2.42. The molecule has 0 N–H and O–H groups in total. The topological polar surface area (TPSA) is 40.4 Å². The standard InChI is InChI=1S/C21H20ClN2O2S/c1-23-17-13-15(20(25)24-9-2-3-10-24)7-8-18(17)27-19(21(23)26)12-14-5-4-6-16(22)11-14/h4-8,11-13,18H,2-3,9-10H2,1H3/q+1/b19-12-. The van der Waals surface area contributed by atoms with E-state index in [1.165, 1.54) is 11.8 Å². The van der Waals surface area contributed by atoms with Crippen molar-refractivity contribution in [2.75, 3.05) is 20.1 Å². The first-order chi connectivity index (χ1) is 13.0. The van der Waals surface area contributed by atoms with Gasteiger partial charge < -0.3 is 4.90 Å². The Bertz CT molecular complexity index is 939. The smallest absolute Gasteiger partial charge is 0.339 e. The lowest BCUT2D eigenvalue weighted by molar-refractivity contribution is -0.413. The molecule has 0 spiro atoms. The number of thioether (sulfide) groups is 1. The third kappa shape index (κ3) is 3.66. The van der Waals surface area contributed by atoms with E-state index in [1.807, 2.05) is 53.5 Å². The van der Waals surface area contributed by atoms with Gasteiger partial charge >= 0.3 is 5.91 Å². The number of rotatable bonds is 2. The van der Waals surface area contributed by atoms with Crippen LogP contribution < -0.4 is 0 Å². The molecule has 0 radical (unpaired) electrons. The zero-order valence-electron chi connectivity index (χ0n) is 15.0. The van der Waals surface area contributed by atoms with Gasteiger partial charge in [0.15, 0.2) is 0 Å². The Labute approximate surface area is 167 Å². The largest absolute Gasteiger partial charge is 0.425 e. The molecule has 1 aromatic carbocycles. The fraction of sp³-hybridized carbons (Fsp3) is 0.286. The van der Waals surface area contributed by atoms with Crippen LogP contribution in [-0.2, 0) is 9.59 Å². The number of likely N-dealkylation sites (N-methyl/N-ethyl adjacent to an activating group) is 1. The summed E-state index contributed by atoms with van der Waals surface area (Å²) in [6, 6.07) is 7.44. The Balaban J connectivity index is 1.63. The normalized spacial score (nSPS) is 23.7. The number of likely N-dealkylation sites (tertiary alicyclic amines) is 1.